The SMILES string of the molecule is Cl.NCC(=O)NCCNS(=O)(=O)c1cccc([N+](=O)[O-])c1. The third kappa shape index (κ3) is 6.04. The second-order valence-corrected chi connectivity index (χ2v) is 5.47. The minimum absolute atomic E-state index is 0. The molecule has 0 spiro atoms. The molecule has 0 aliphatic carbocycles. The highest BCUT2D eigenvalue weighted by Gasteiger charge is 2.16. The molecule has 0 fully saturated rings. The molecule has 0 atom stereocenters. The van der Waals surface area contributed by atoms with E-state index >= 15 is 0 Å². The third-order valence-corrected chi connectivity index (χ3v) is 3.72. The van der Waals surface area contributed by atoms with Crippen LogP contribution >= 0.6 is 12.4 Å². The van der Waals surface area contributed by atoms with Crippen LogP contribution in [0, 0.1) is 10.1 Å². The van der Waals surface area contributed by atoms with Gasteiger partial charge in [-0.15, -0.1) is 12.4 Å². The van der Waals surface area contributed by atoms with Gasteiger partial charge in [-0.25, -0.2) is 13.1 Å². The third-order valence-electron chi connectivity index (χ3n) is 2.26. The highest BCUT2D eigenvalue weighted by atomic mass is 35.5. The molecule has 0 saturated carbocycles. The summed E-state index contributed by atoms with van der Waals surface area (Å²) in [5.41, 5.74) is 4.75. The topological polar surface area (TPSA) is 144 Å². The van der Waals surface area contributed by atoms with Crippen LogP contribution in [0.3, 0.4) is 0 Å². The zero-order chi connectivity index (χ0) is 15.2. The van der Waals surface area contributed by atoms with Crippen LogP contribution in [0.4, 0.5) is 5.69 Å². The minimum atomic E-state index is -3.86. The van der Waals surface area contributed by atoms with Crippen LogP contribution in [0.2, 0.25) is 0 Å². The number of hydrogen-bond acceptors (Lipinski definition) is 6. The zero-order valence-corrected chi connectivity index (χ0v) is 12.4. The Morgan fingerprint density at radius 1 is 1.33 bits per heavy atom. The first-order valence-electron chi connectivity index (χ1n) is 5.57. The lowest BCUT2D eigenvalue weighted by Gasteiger charge is -2.07. The van der Waals surface area contributed by atoms with Gasteiger partial charge in [0.1, 0.15) is 0 Å². The lowest BCUT2D eigenvalue weighted by molar-refractivity contribution is -0.385. The van der Waals surface area contributed by atoms with Gasteiger partial charge in [-0.1, -0.05) is 6.07 Å². The van der Waals surface area contributed by atoms with Crippen molar-refractivity contribution >= 4 is 34.0 Å². The molecule has 0 aromatic heterocycles. The van der Waals surface area contributed by atoms with E-state index < -0.39 is 20.9 Å². The van der Waals surface area contributed by atoms with E-state index in [1.165, 1.54) is 18.2 Å². The Balaban J connectivity index is 0.00000400. The quantitative estimate of drug-likeness (QED) is 0.343. The summed E-state index contributed by atoms with van der Waals surface area (Å²) in [4.78, 5) is 20.5. The van der Waals surface area contributed by atoms with E-state index in [2.05, 4.69) is 10.0 Å². The van der Waals surface area contributed by atoms with Gasteiger partial charge in [0.15, 0.2) is 0 Å². The molecule has 0 unspecified atom stereocenters. The Morgan fingerprint density at radius 3 is 2.57 bits per heavy atom. The molecule has 4 N–H and O–H groups in total. The number of nitro benzene ring substituents is 1. The molecule has 0 saturated heterocycles. The Hall–Kier alpha value is -1.75. The summed E-state index contributed by atoms with van der Waals surface area (Å²) in [6.07, 6.45) is 0. The molecule has 1 rings (SSSR count). The number of nitrogens with one attached hydrogen (secondary N) is 2. The van der Waals surface area contributed by atoms with Crippen molar-refractivity contribution in [2.24, 2.45) is 5.73 Å². The summed E-state index contributed by atoms with van der Waals surface area (Å²) in [5, 5.41) is 13.0. The molecule has 1 amide bonds. The Bertz CT molecular complexity index is 607. The first-order chi connectivity index (χ1) is 9.36. The van der Waals surface area contributed by atoms with E-state index in [0.29, 0.717) is 0 Å². The first-order valence-corrected chi connectivity index (χ1v) is 7.06. The monoisotopic (exact) mass is 338 g/mol. The molecule has 1 aromatic carbocycles. The second kappa shape index (κ2) is 8.52. The Morgan fingerprint density at radius 2 is 2.00 bits per heavy atom. The van der Waals surface area contributed by atoms with E-state index in [-0.39, 0.29) is 42.6 Å². The van der Waals surface area contributed by atoms with Gasteiger partial charge in [0.2, 0.25) is 15.9 Å². The summed E-state index contributed by atoms with van der Waals surface area (Å²) < 4.78 is 25.9. The van der Waals surface area contributed by atoms with Crippen molar-refractivity contribution < 1.29 is 18.1 Å². The van der Waals surface area contributed by atoms with Gasteiger partial charge < -0.3 is 11.1 Å². The van der Waals surface area contributed by atoms with E-state index in [0.717, 1.165) is 6.07 Å². The van der Waals surface area contributed by atoms with Gasteiger partial charge in [0.05, 0.1) is 16.4 Å². The first kappa shape index (κ1) is 19.2. The number of rotatable bonds is 7. The number of benzene rings is 1. The van der Waals surface area contributed by atoms with Crippen molar-refractivity contribution in [1.29, 1.82) is 0 Å². The number of nitrogens with two attached hydrogens (primary N) is 1. The van der Waals surface area contributed by atoms with Crippen LogP contribution in [0.25, 0.3) is 0 Å². The van der Waals surface area contributed by atoms with Crippen molar-refractivity contribution in [3.05, 3.63) is 34.4 Å². The number of carbonyl (C=O) groups excluding carboxylic acids is 1. The molecule has 1 aromatic rings. The molecule has 118 valence electrons. The fraction of sp³-hybridized carbons (Fsp3) is 0.300. The number of sulfonamides is 1. The minimum Gasteiger partial charge on any atom is -0.354 e. The molecule has 0 bridgehead atoms. The lowest BCUT2D eigenvalue weighted by atomic mass is 10.3. The summed E-state index contributed by atoms with van der Waals surface area (Å²) >= 11 is 0. The molecular weight excluding hydrogens is 324 g/mol. The number of nitrogens with zero attached hydrogens (tertiary/aromatic N) is 1. The summed E-state index contributed by atoms with van der Waals surface area (Å²) in [7, 11) is -3.86. The number of carbonyl (C=O) groups is 1. The van der Waals surface area contributed by atoms with Gasteiger partial charge in [0, 0.05) is 25.2 Å². The van der Waals surface area contributed by atoms with Crippen molar-refractivity contribution in [2.45, 2.75) is 4.90 Å². The predicted molar refractivity (Wildman–Crippen MR) is 77.6 cm³/mol. The van der Waals surface area contributed by atoms with Crippen LogP contribution in [-0.4, -0.2) is 38.9 Å². The largest absolute Gasteiger partial charge is 0.354 e. The Labute approximate surface area is 127 Å². The molecule has 0 heterocycles. The smallest absolute Gasteiger partial charge is 0.270 e. The van der Waals surface area contributed by atoms with E-state index in [1.54, 1.807) is 0 Å². The van der Waals surface area contributed by atoms with Crippen molar-refractivity contribution in [2.75, 3.05) is 19.6 Å². The van der Waals surface area contributed by atoms with E-state index in [4.69, 9.17) is 5.73 Å². The van der Waals surface area contributed by atoms with Crippen LogP contribution in [0.1, 0.15) is 0 Å². The molecule has 11 heteroatoms. The van der Waals surface area contributed by atoms with E-state index in [1.807, 2.05) is 0 Å². The fourth-order valence-electron chi connectivity index (χ4n) is 1.31. The average molecular weight is 339 g/mol. The van der Waals surface area contributed by atoms with Gasteiger partial charge >= 0.3 is 0 Å². The summed E-state index contributed by atoms with van der Waals surface area (Å²) in [5.74, 6) is -0.403. The predicted octanol–water partition coefficient (Wildman–Crippen LogP) is -0.630. The van der Waals surface area contributed by atoms with Crippen molar-refractivity contribution in [3.63, 3.8) is 0 Å². The maximum atomic E-state index is 11.9. The van der Waals surface area contributed by atoms with Gasteiger partial charge in [-0.05, 0) is 6.07 Å². The highest BCUT2D eigenvalue weighted by molar-refractivity contribution is 7.89. The van der Waals surface area contributed by atoms with Gasteiger partial charge in [-0.2, -0.15) is 0 Å². The molecule has 0 aliphatic rings. The number of non-ortho nitro benzene ring substituents is 1. The maximum absolute atomic E-state index is 11.9. The molecular formula is C10H15ClN4O5S. The second-order valence-electron chi connectivity index (χ2n) is 3.71. The standard InChI is InChI=1S/C10H14N4O5S.ClH/c11-7-10(15)12-4-5-13-20(18,19)9-3-1-2-8(6-9)14(16)17;/h1-3,6,13H,4-5,7,11H2,(H,12,15);1H. The van der Waals surface area contributed by atoms with Gasteiger partial charge in [0.25, 0.3) is 5.69 Å². The molecule has 0 radical (unpaired) electrons. The zero-order valence-electron chi connectivity index (χ0n) is 10.8. The molecule has 9 nitrogen and oxygen atoms in total. The Kier molecular flexibility index (Phi) is 7.81. The lowest BCUT2D eigenvalue weighted by Crippen LogP contribution is -2.37. The molecule has 21 heavy (non-hydrogen) atoms. The number of halogens is 1. The normalized spacial score (nSPS) is 10.5. The van der Waals surface area contributed by atoms with Crippen molar-refractivity contribution in [3.8, 4) is 0 Å². The van der Waals surface area contributed by atoms with Crippen molar-refractivity contribution in [1.82, 2.24) is 10.0 Å². The number of hydrogen-bond donors (Lipinski definition) is 3. The van der Waals surface area contributed by atoms with Crippen LogP contribution in [0.15, 0.2) is 29.2 Å². The van der Waals surface area contributed by atoms with Crippen LogP contribution < -0.4 is 15.8 Å². The van der Waals surface area contributed by atoms with E-state index in [9.17, 15) is 23.3 Å². The number of amides is 1. The maximum Gasteiger partial charge on any atom is 0.270 e. The summed E-state index contributed by atoms with van der Waals surface area (Å²) in [6, 6.07) is 4.68. The van der Waals surface area contributed by atoms with Crippen LogP contribution in [0.5, 0.6) is 0 Å². The van der Waals surface area contributed by atoms with Gasteiger partial charge in [-0.3, -0.25) is 14.9 Å². The highest BCUT2D eigenvalue weighted by Crippen LogP contribution is 2.16. The average Bonchev–Trinajstić information content (AvgIpc) is 2.43. The summed E-state index contributed by atoms with van der Waals surface area (Å²) in [6.45, 7) is -0.154. The van der Waals surface area contributed by atoms with Crippen LogP contribution in [-0.2, 0) is 14.8 Å². The molecule has 0 aliphatic heterocycles. The fourth-order valence-corrected chi connectivity index (χ4v) is 2.38. The number of nitro groups is 1.